The zero-order valence-corrected chi connectivity index (χ0v) is 17.5. The van der Waals surface area contributed by atoms with Crippen molar-refractivity contribution in [1.29, 1.82) is 0 Å². The van der Waals surface area contributed by atoms with E-state index < -0.39 is 11.9 Å². The predicted molar refractivity (Wildman–Crippen MR) is 118 cm³/mol. The van der Waals surface area contributed by atoms with Gasteiger partial charge in [0.05, 0.1) is 6.04 Å². The molecule has 30 heavy (non-hydrogen) atoms. The largest absolute Gasteiger partial charge is 0.341 e. The number of hydrogen-bond acceptors (Lipinski definition) is 3. The standard InChI is InChI=1S/C22H27FN4O2.ClH/c23-18-9-4-10-19(13-18)26-22(29)25-14-17-8-5-11-27(15-17)21(28)20(24)12-16-6-2-1-3-7-16;/h1-4,6-7,9-10,13,17,20H,5,8,11-12,14-15,24H2,(H2,25,26,29);1H/t17?,20-;/m0./s1. The number of rotatable bonds is 6. The molecule has 0 aliphatic carbocycles. The lowest BCUT2D eigenvalue weighted by molar-refractivity contribution is -0.134. The van der Waals surface area contributed by atoms with E-state index in [-0.39, 0.29) is 30.3 Å². The number of nitrogens with two attached hydrogens (primary N) is 1. The van der Waals surface area contributed by atoms with Gasteiger partial charge in [0, 0.05) is 25.3 Å². The molecule has 0 aromatic heterocycles. The number of carbonyl (C=O) groups excluding carboxylic acids is 2. The topological polar surface area (TPSA) is 87.5 Å². The maximum atomic E-state index is 13.2. The summed E-state index contributed by atoms with van der Waals surface area (Å²) in [6, 6.07) is 14.5. The fraction of sp³-hybridized carbons (Fsp3) is 0.364. The third-order valence-corrected chi connectivity index (χ3v) is 5.08. The molecule has 2 aromatic rings. The maximum absolute atomic E-state index is 13.2. The van der Waals surface area contributed by atoms with Gasteiger partial charge in [-0.1, -0.05) is 36.4 Å². The van der Waals surface area contributed by atoms with Gasteiger partial charge in [0.15, 0.2) is 0 Å². The Morgan fingerprint density at radius 1 is 1.17 bits per heavy atom. The number of carbonyl (C=O) groups is 2. The number of likely N-dealkylation sites (tertiary alicyclic amines) is 1. The molecule has 1 aliphatic heterocycles. The van der Waals surface area contributed by atoms with Crippen LogP contribution in [0.3, 0.4) is 0 Å². The Morgan fingerprint density at radius 2 is 1.93 bits per heavy atom. The Morgan fingerprint density at radius 3 is 2.67 bits per heavy atom. The van der Waals surface area contributed by atoms with E-state index in [0.29, 0.717) is 31.7 Å². The normalized spacial score (nSPS) is 16.9. The molecule has 0 bridgehead atoms. The van der Waals surface area contributed by atoms with Gasteiger partial charge in [-0.3, -0.25) is 4.79 Å². The molecule has 1 heterocycles. The molecule has 3 rings (SSSR count). The highest BCUT2D eigenvalue weighted by molar-refractivity contribution is 5.89. The van der Waals surface area contributed by atoms with Gasteiger partial charge < -0.3 is 21.3 Å². The van der Waals surface area contributed by atoms with Crippen LogP contribution in [0.15, 0.2) is 54.6 Å². The fourth-order valence-corrected chi connectivity index (χ4v) is 3.60. The molecule has 8 heteroatoms. The average Bonchev–Trinajstić information content (AvgIpc) is 2.72. The molecule has 6 nitrogen and oxygen atoms in total. The quantitative estimate of drug-likeness (QED) is 0.652. The first-order chi connectivity index (χ1) is 14.0. The average molecular weight is 435 g/mol. The fourth-order valence-electron chi connectivity index (χ4n) is 3.60. The molecular weight excluding hydrogens is 407 g/mol. The number of nitrogens with one attached hydrogen (secondary N) is 2. The van der Waals surface area contributed by atoms with Crippen molar-refractivity contribution in [2.75, 3.05) is 25.0 Å². The minimum absolute atomic E-state index is 0. The van der Waals surface area contributed by atoms with E-state index in [2.05, 4.69) is 10.6 Å². The SMILES string of the molecule is Cl.N[C@@H](Cc1ccccc1)C(=O)N1CCCC(CNC(=O)Nc2cccc(F)c2)C1. The second-order valence-corrected chi connectivity index (χ2v) is 7.43. The van der Waals surface area contributed by atoms with Crippen molar-refractivity contribution in [3.05, 3.63) is 66.0 Å². The molecule has 0 radical (unpaired) electrons. The highest BCUT2D eigenvalue weighted by Gasteiger charge is 2.27. The van der Waals surface area contributed by atoms with Crippen LogP contribution in [0, 0.1) is 11.7 Å². The van der Waals surface area contributed by atoms with E-state index in [0.717, 1.165) is 18.4 Å². The van der Waals surface area contributed by atoms with E-state index in [1.165, 1.54) is 18.2 Å². The molecule has 2 aromatic carbocycles. The summed E-state index contributed by atoms with van der Waals surface area (Å²) >= 11 is 0. The van der Waals surface area contributed by atoms with Crippen LogP contribution in [0.1, 0.15) is 18.4 Å². The summed E-state index contributed by atoms with van der Waals surface area (Å²) in [5, 5.41) is 5.42. The molecule has 3 amide bonds. The Bertz CT molecular complexity index is 837. The summed E-state index contributed by atoms with van der Waals surface area (Å²) in [5.74, 6) is -0.297. The van der Waals surface area contributed by atoms with Gasteiger partial charge in [0.2, 0.25) is 5.91 Å². The smallest absolute Gasteiger partial charge is 0.319 e. The summed E-state index contributed by atoms with van der Waals surface area (Å²) in [5.41, 5.74) is 7.58. The van der Waals surface area contributed by atoms with Crippen LogP contribution < -0.4 is 16.4 Å². The number of benzene rings is 2. The molecule has 1 fully saturated rings. The number of piperidine rings is 1. The highest BCUT2D eigenvalue weighted by atomic mass is 35.5. The third-order valence-electron chi connectivity index (χ3n) is 5.08. The van der Waals surface area contributed by atoms with Crippen LogP contribution in [0.5, 0.6) is 0 Å². The Labute approximate surface area is 182 Å². The van der Waals surface area contributed by atoms with Gasteiger partial charge in [-0.25, -0.2) is 9.18 Å². The van der Waals surface area contributed by atoms with Crippen LogP contribution in [0.2, 0.25) is 0 Å². The molecule has 2 atom stereocenters. The zero-order valence-electron chi connectivity index (χ0n) is 16.7. The van der Waals surface area contributed by atoms with Crippen LogP contribution >= 0.6 is 12.4 Å². The molecule has 162 valence electrons. The monoisotopic (exact) mass is 434 g/mol. The Balaban J connectivity index is 0.00000320. The van der Waals surface area contributed by atoms with Crippen molar-refractivity contribution in [3.8, 4) is 0 Å². The van der Waals surface area contributed by atoms with Crippen molar-refractivity contribution in [2.45, 2.75) is 25.3 Å². The van der Waals surface area contributed by atoms with Crippen molar-refractivity contribution in [3.63, 3.8) is 0 Å². The summed E-state index contributed by atoms with van der Waals surface area (Å²) in [6.07, 6.45) is 2.31. The minimum Gasteiger partial charge on any atom is -0.341 e. The molecule has 4 N–H and O–H groups in total. The predicted octanol–water partition coefficient (Wildman–Crippen LogP) is 3.18. The van der Waals surface area contributed by atoms with E-state index in [4.69, 9.17) is 5.73 Å². The van der Waals surface area contributed by atoms with Crippen molar-refractivity contribution in [2.24, 2.45) is 11.7 Å². The van der Waals surface area contributed by atoms with Gasteiger partial charge >= 0.3 is 6.03 Å². The first kappa shape index (κ1) is 23.6. The van der Waals surface area contributed by atoms with Gasteiger partial charge in [0.1, 0.15) is 5.82 Å². The van der Waals surface area contributed by atoms with Gasteiger partial charge in [-0.15, -0.1) is 12.4 Å². The number of anilines is 1. The van der Waals surface area contributed by atoms with Crippen molar-refractivity contribution < 1.29 is 14.0 Å². The lowest BCUT2D eigenvalue weighted by Crippen LogP contribution is -2.50. The first-order valence-electron chi connectivity index (χ1n) is 9.90. The zero-order chi connectivity index (χ0) is 20.6. The van der Waals surface area contributed by atoms with Crippen molar-refractivity contribution >= 4 is 30.0 Å². The van der Waals surface area contributed by atoms with Crippen LogP contribution in [-0.2, 0) is 11.2 Å². The van der Waals surface area contributed by atoms with E-state index in [1.807, 2.05) is 30.3 Å². The second kappa shape index (κ2) is 11.5. The van der Waals surface area contributed by atoms with Crippen LogP contribution in [0.25, 0.3) is 0 Å². The van der Waals surface area contributed by atoms with E-state index in [9.17, 15) is 14.0 Å². The van der Waals surface area contributed by atoms with Crippen LogP contribution in [-0.4, -0.2) is 42.5 Å². The number of halogens is 2. The highest BCUT2D eigenvalue weighted by Crippen LogP contribution is 2.17. The summed E-state index contributed by atoms with van der Waals surface area (Å²) in [7, 11) is 0. The Hall–Kier alpha value is -2.64. The van der Waals surface area contributed by atoms with Crippen molar-refractivity contribution in [1.82, 2.24) is 10.2 Å². The molecular formula is C22H28ClFN4O2. The molecule has 0 saturated carbocycles. The molecule has 0 spiro atoms. The molecule has 1 aliphatic rings. The lowest BCUT2D eigenvalue weighted by Gasteiger charge is -2.34. The Kier molecular flexibility index (Phi) is 9.08. The summed E-state index contributed by atoms with van der Waals surface area (Å²) < 4.78 is 13.2. The van der Waals surface area contributed by atoms with E-state index in [1.54, 1.807) is 11.0 Å². The maximum Gasteiger partial charge on any atom is 0.319 e. The minimum atomic E-state index is -0.569. The lowest BCUT2D eigenvalue weighted by atomic mass is 9.96. The summed E-state index contributed by atoms with van der Waals surface area (Å²) in [4.78, 5) is 26.6. The van der Waals surface area contributed by atoms with E-state index >= 15 is 0 Å². The summed E-state index contributed by atoms with van der Waals surface area (Å²) in [6.45, 7) is 1.70. The number of hydrogen-bond donors (Lipinski definition) is 3. The van der Waals surface area contributed by atoms with Gasteiger partial charge in [-0.2, -0.15) is 0 Å². The number of nitrogens with zero attached hydrogens (tertiary/aromatic N) is 1. The second-order valence-electron chi connectivity index (χ2n) is 7.43. The number of urea groups is 1. The number of amides is 3. The van der Waals surface area contributed by atoms with Gasteiger partial charge in [0.25, 0.3) is 0 Å². The van der Waals surface area contributed by atoms with Gasteiger partial charge in [-0.05, 0) is 48.9 Å². The van der Waals surface area contributed by atoms with Crippen LogP contribution in [0.4, 0.5) is 14.9 Å². The first-order valence-corrected chi connectivity index (χ1v) is 9.90. The third kappa shape index (κ3) is 7.00. The molecule has 1 saturated heterocycles. The molecule has 1 unspecified atom stereocenters.